The fourth-order valence-electron chi connectivity index (χ4n) is 1.97. The van der Waals surface area contributed by atoms with E-state index in [0.717, 1.165) is 23.4 Å². The normalized spacial score (nSPS) is 10.8. The van der Waals surface area contributed by atoms with Crippen molar-refractivity contribution in [3.8, 4) is 5.75 Å². The summed E-state index contributed by atoms with van der Waals surface area (Å²) in [7, 11) is 1.84. The smallest absolute Gasteiger partial charge is 0.138 e. The Morgan fingerprint density at radius 1 is 1.35 bits per heavy atom. The second-order valence-corrected chi connectivity index (χ2v) is 5.35. The van der Waals surface area contributed by atoms with Crippen LogP contribution in [0.15, 0.2) is 18.2 Å². The Balaban J connectivity index is 2.11. The minimum absolute atomic E-state index is 0.326. The number of aromatic nitrogens is 2. The van der Waals surface area contributed by atoms with Gasteiger partial charge in [-0.2, -0.15) is 5.10 Å². The molecule has 1 heterocycles. The van der Waals surface area contributed by atoms with Crippen LogP contribution < -0.4 is 10.5 Å². The highest BCUT2D eigenvalue weighted by Crippen LogP contribution is 2.28. The van der Waals surface area contributed by atoms with Crippen molar-refractivity contribution in [2.75, 3.05) is 6.54 Å². The van der Waals surface area contributed by atoms with Crippen molar-refractivity contribution in [3.63, 3.8) is 0 Å². The number of halogens is 2. The zero-order valence-corrected chi connectivity index (χ0v) is 13.0. The van der Waals surface area contributed by atoms with Crippen LogP contribution in [0.2, 0.25) is 10.0 Å². The number of nitrogens with zero attached hydrogens (tertiary/aromatic N) is 2. The molecule has 0 saturated heterocycles. The first-order valence-corrected chi connectivity index (χ1v) is 7.07. The standard InChI is InChI=1S/C14H17Cl2N3O/c1-9-14(16)12(19(2)18-9)8-20-13-4-3-10(5-6-17)7-11(13)15/h3-4,7H,5-6,8,17H2,1-2H3. The lowest BCUT2D eigenvalue weighted by molar-refractivity contribution is 0.295. The zero-order valence-electron chi connectivity index (χ0n) is 11.5. The van der Waals surface area contributed by atoms with Crippen LogP contribution >= 0.6 is 23.2 Å². The Morgan fingerprint density at radius 3 is 2.65 bits per heavy atom. The topological polar surface area (TPSA) is 53.1 Å². The molecule has 2 rings (SSSR count). The summed E-state index contributed by atoms with van der Waals surface area (Å²) in [5.74, 6) is 0.627. The van der Waals surface area contributed by atoms with Gasteiger partial charge in [-0.15, -0.1) is 0 Å². The number of hydrogen-bond donors (Lipinski definition) is 1. The molecule has 0 radical (unpaired) electrons. The molecule has 2 N–H and O–H groups in total. The summed E-state index contributed by atoms with van der Waals surface area (Å²) in [5.41, 5.74) is 8.23. The molecule has 0 atom stereocenters. The molecule has 6 heteroatoms. The zero-order chi connectivity index (χ0) is 14.7. The Labute approximate surface area is 128 Å². The molecule has 0 saturated carbocycles. The summed E-state index contributed by atoms with van der Waals surface area (Å²) in [4.78, 5) is 0. The molecule has 1 aromatic carbocycles. The SMILES string of the molecule is Cc1nn(C)c(COc2ccc(CCN)cc2Cl)c1Cl. The number of benzene rings is 1. The Kier molecular flexibility index (Phi) is 4.91. The first kappa shape index (κ1) is 15.2. The van der Waals surface area contributed by atoms with E-state index in [1.807, 2.05) is 32.2 Å². The second-order valence-electron chi connectivity index (χ2n) is 4.56. The number of rotatable bonds is 5. The van der Waals surface area contributed by atoms with E-state index < -0.39 is 0 Å². The molecular formula is C14H17Cl2N3O. The van der Waals surface area contributed by atoms with E-state index in [0.29, 0.717) is 28.9 Å². The molecule has 0 fully saturated rings. The molecule has 20 heavy (non-hydrogen) atoms. The van der Waals surface area contributed by atoms with Gasteiger partial charge in [0.2, 0.25) is 0 Å². The molecule has 0 amide bonds. The van der Waals surface area contributed by atoms with Crippen molar-refractivity contribution in [1.82, 2.24) is 9.78 Å². The maximum atomic E-state index is 6.19. The Morgan fingerprint density at radius 2 is 2.10 bits per heavy atom. The molecule has 0 aliphatic heterocycles. The largest absolute Gasteiger partial charge is 0.486 e. The molecular weight excluding hydrogens is 297 g/mol. The lowest BCUT2D eigenvalue weighted by Gasteiger charge is -2.10. The van der Waals surface area contributed by atoms with Crippen molar-refractivity contribution in [3.05, 3.63) is 45.2 Å². The highest BCUT2D eigenvalue weighted by Gasteiger charge is 2.12. The van der Waals surface area contributed by atoms with Crippen LogP contribution in [0.1, 0.15) is 17.0 Å². The van der Waals surface area contributed by atoms with Gasteiger partial charge < -0.3 is 10.5 Å². The lowest BCUT2D eigenvalue weighted by atomic mass is 10.1. The number of hydrogen-bond acceptors (Lipinski definition) is 3. The molecule has 0 bridgehead atoms. The Bertz CT molecular complexity index is 611. The van der Waals surface area contributed by atoms with Gasteiger partial charge in [0.15, 0.2) is 0 Å². The molecule has 108 valence electrons. The van der Waals surface area contributed by atoms with Gasteiger partial charge in [0.05, 0.1) is 21.4 Å². The van der Waals surface area contributed by atoms with E-state index in [-0.39, 0.29) is 0 Å². The Hall–Kier alpha value is -1.23. The van der Waals surface area contributed by atoms with Gasteiger partial charge >= 0.3 is 0 Å². The third kappa shape index (κ3) is 3.26. The molecule has 0 aliphatic rings. The van der Waals surface area contributed by atoms with E-state index >= 15 is 0 Å². The van der Waals surface area contributed by atoms with Gasteiger partial charge in [0.1, 0.15) is 12.4 Å². The monoisotopic (exact) mass is 313 g/mol. The third-order valence-electron chi connectivity index (χ3n) is 3.06. The van der Waals surface area contributed by atoms with Crippen LogP contribution in [0.5, 0.6) is 5.75 Å². The van der Waals surface area contributed by atoms with E-state index in [1.54, 1.807) is 4.68 Å². The van der Waals surface area contributed by atoms with Gasteiger partial charge in [-0.1, -0.05) is 29.3 Å². The molecule has 1 aromatic heterocycles. The van der Waals surface area contributed by atoms with Crippen LogP contribution in [0.3, 0.4) is 0 Å². The van der Waals surface area contributed by atoms with Crippen LogP contribution in [0.25, 0.3) is 0 Å². The highest BCUT2D eigenvalue weighted by atomic mass is 35.5. The minimum Gasteiger partial charge on any atom is -0.486 e. The summed E-state index contributed by atoms with van der Waals surface area (Å²) >= 11 is 12.4. The first-order valence-electron chi connectivity index (χ1n) is 6.32. The van der Waals surface area contributed by atoms with Crippen LogP contribution in [0, 0.1) is 6.92 Å². The minimum atomic E-state index is 0.326. The summed E-state index contributed by atoms with van der Waals surface area (Å²) in [6.07, 6.45) is 0.798. The van der Waals surface area contributed by atoms with E-state index in [2.05, 4.69) is 5.10 Å². The second kappa shape index (κ2) is 6.48. The van der Waals surface area contributed by atoms with E-state index in [9.17, 15) is 0 Å². The van der Waals surface area contributed by atoms with Gasteiger partial charge in [-0.3, -0.25) is 4.68 Å². The molecule has 2 aromatic rings. The van der Waals surface area contributed by atoms with E-state index in [1.165, 1.54) is 0 Å². The van der Waals surface area contributed by atoms with Crippen molar-refractivity contribution in [2.45, 2.75) is 20.0 Å². The van der Waals surface area contributed by atoms with Gasteiger partial charge in [0.25, 0.3) is 0 Å². The fraction of sp³-hybridized carbons (Fsp3) is 0.357. The van der Waals surface area contributed by atoms with Crippen LogP contribution in [-0.4, -0.2) is 16.3 Å². The third-order valence-corrected chi connectivity index (χ3v) is 3.84. The molecule has 0 unspecified atom stereocenters. The average Bonchev–Trinajstić information content (AvgIpc) is 2.64. The number of ether oxygens (including phenoxy) is 1. The van der Waals surface area contributed by atoms with Gasteiger partial charge in [-0.05, 0) is 37.6 Å². The summed E-state index contributed by atoms with van der Waals surface area (Å²) in [5, 5.41) is 5.44. The van der Waals surface area contributed by atoms with Crippen molar-refractivity contribution < 1.29 is 4.74 Å². The molecule has 0 aliphatic carbocycles. The maximum Gasteiger partial charge on any atom is 0.138 e. The number of aryl methyl sites for hydroxylation is 2. The molecule has 4 nitrogen and oxygen atoms in total. The predicted molar refractivity (Wildman–Crippen MR) is 81.5 cm³/mol. The van der Waals surface area contributed by atoms with Crippen molar-refractivity contribution in [2.24, 2.45) is 12.8 Å². The van der Waals surface area contributed by atoms with Crippen LogP contribution in [-0.2, 0) is 20.1 Å². The lowest BCUT2D eigenvalue weighted by Crippen LogP contribution is -2.05. The quantitative estimate of drug-likeness (QED) is 0.922. The number of nitrogens with two attached hydrogens (primary N) is 1. The van der Waals surface area contributed by atoms with Crippen LogP contribution in [0.4, 0.5) is 0 Å². The summed E-state index contributed by atoms with van der Waals surface area (Å²) in [6, 6.07) is 5.69. The first-order chi connectivity index (χ1) is 9.52. The highest BCUT2D eigenvalue weighted by molar-refractivity contribution is 6.32. The predicted octanol–water partition coefficient (Wildman–Crippen LogP) is 3.12. The average molecular weight is 314 g/mol. The summed E-state index contributed by atoms with van der Waals surface area (Å²) < 4.78 is 7.44. The molecule has 0 spiro atoms. The summed E-state index contributed by atoms with van der Waals surface area (Å²) in [6.45, 7) is 2.78. The van der Waals surface area contributed by atoms with Gasteiger partial charge in [0, 0.05) is 7.05 Å². The fourth-order valence-corrected chi connectivity index (χ4v) is 2.44. The van der Waals surface area contributed by atoms with E-state index in [4.69, 9.17) is 33.7 Å². The van der Waals surface area contributed by atoms with Gasteiger partial charge in [-0.25, -0.2) is 0 Å². The van der Waals surface area contributed by atoms with Crippen molar-refractivity contribution in [1.29, 1.82) is 0 Å². The van der Waals surface area contributed by atoms with Crippen molar-refractivity contribution >= 4 is 23.2 Å². The maximum absolute atomic E-state index is 6.19.